The van der Waals surface area contributed by atoms with Crippen molar-refractivity contribution in [3.8, 4) is 0 Å². The molecule has 4 aliphatic carbocycles. The fourth-order valence-corrected chi connectivity index (χ4v) is 9.29. The van der Waals surface area contributed by atoms with Crippen LogP contribution in [0.1, 0.15) is 72.3 Å². The molecule has 0 spiro atoms. The maximum Gasteiger partial charge on any atom is 0.302 e. The molecule has 0 radical (unpaired) electrons. The summed E-state index contributed by atoms with van der Waals surface area (Å²) < 4.78 is 17.5. The van der Waals surface area contributed by atoms with E-state index in [1.54, 1.807) is 12.5 Å². The molecule has 4 fully saturated rings. The number of Topliss-reactive ketones (excluding diaryl/α,β-unsaturated/α-hetero) is 1. The Kier molecular flexibility index (Phi) is 4.26. The van der Waals surface area contributed by atoms with Crippen LogP contribution in [0.2, 0.25) is 0 Å². The monoisotopic (exact) mass is 466 g/mol. The van der Waals surface area contributed by atoms with Gasteiger partial charge in [-0.05, 0) is 48.8 Å². The van der Waals surface area contributed by atoms with Crippen LogP contribution in [-0.4, -0.2) is 35.8 Å². The van der Waals surface area contributed by atoms with Crippen LogP contribution in [0.25, 0.3) is 0 Å². The topological polar surface area (TPSA) is 86.1 Å². The highest BCUT2D eigenvalue weighted by Gasteiger charge is 2.77. The summed E-state index contributed by atoms with van der Waals surface area (Å²) in [6, 6.07) is 1.89. The highest BCUT2D eigenvalue weighted by atomic mass is 16.6. The van der Waals surface area contributed by atoms with E-state index in [4.69, 9.17) is 13.9 Å². The van der Waals surface area contributed by atoms with E-state index in [0.717, 1.165) is 24.0 Å². The van der Waals surface area contributed by atoms with Gasteiger partial charge >= 0.3 is 5.97 Å². The molecular weight excluding hydrogens is 432 g/mol. The minimum Gasteiger partial charge on any atom is -0.472 e. The summed E-state index contributed by atoms with van der Waals surface area (Å²) in [7, 11) is 0. The zero-order valence-corrected chi connectivity index (χ0v) is 20.8. The molecule has 6 rings (SSSR count). The van der Waals surface area contributed by atoms with Crippen LogP contribution < -0.4 is 0 Å². The molecule has 6 nitrogen and oxygen atoms in total. The molecule has 9 unspecified atom stereocenters. The number of hydrogen-bond donors (Lipinski definition) is 0. The number of carbonyl (C=O) groups excluding carboxylic acids is 3. The molecule has 1 saturated heterocycles. The molecule has 0 amide bonds. The van der Waals surface area contributed by atoms with E-state index in [2.05, 4.69) is 20.8 Å². The zero-order chi connectivity index (χ0) is 24.4. The van der Waals surface area contributed by atoms with Crippen LogP contribution >= 0.6 is 0 Å². The van der Waals surface area contributed by atoms with E-state index < -0.39 is 16.9 Å². The molecule has 6 heteroatoms. The Balaban J connectivity index is 1.51. The minimum absolute atomic E-state index is 0.0328. The van der Waals surface area contributed by atoms with Crippen molar-refractivity contribution in [2.75, 3.05) is 0 Å². The van der Waals surface area contributed by atoms with Gasteiger partial charge in [0, 0.05) is 34.1 Å². The van der Waals surface area contributed by atoms with Crippen LogP contribution in [0.3, 0.4) is 0 Å². The molecular formula is C28H34O6. The molecule has 0 N–H and O–H groups in total. The molecule has 2 heterocycles. The van der Waals surface area contributed by atoms with E-state index >= 15 is 0 Å². The van der Waals surface area contributed by atoms with Gasteiger partial charge in [-0.25, -0.2) is 0 Å². The molecule has 1 aromatic heterocycles. The Morgan fingerprint density at radius 2 is 1.85 bits per heavy atom. The lowest BCUT2D eigenvalue weighted by atomic mass is 9.37. The third-order valence-electron chi connectivity index (χ3n) is 10.8. The number of carbonyl (C=O) groups is 3. The first-order valence-corrected chi connectivity index (χ1v) is 12.5. The second kappa shape index (κ2) is 6.51. The molecule has 5 aliphatic rings. The summed E-state index contributed by atoms with van der Waals surface area (Å²) in [6.45, 7) is 12.2. The Morgan fingerprint density at radius 3 is 2.50 bits per heavy atom. The van der Waals surface area contributed by atoms with Gasteiger partial charge in [0.05, 0.1) is 24.5 Å². The van der Waals surface area contributed by atoms with E-state index in [-0.39, 0.29) is 58.3 Å². The first-order chi connectivity index (χ1) is 15.9. The van der Waals surface area contributed by atoms with Gasteiger partial charge in [-0.2, -0.15) is 0 Å². The largest absolute Gasteiger partial charge is 0.472 e. The molecule has 9 atom stereocenters. The van der Waals surface area contributed by atoms with Crippen molar-refractivity contribution < 1.29 is 28.3 Å². The number of ketones is 2. The van der Waals surface area contributed by atoms with Gasteiger partial charge in [-0.1, -0.05) is 34.6 Å². The van der Waals surface area contributed by atoms with Crippen LogP contribution in [0.4, 0.5) is 0 Å². The van der Waals surface area contributed by atoms with Gasteiger partial charge in [0.25, 0.3) is 0 Å². The van der Waals surface area contributed by atoms with Crippen LogP contribution in [-0.2, 0) is 23.9 Å². The Hall–Kier alpha value is -2.21. The summed E-state index contributed by atoms with van der Waals surface area (Å²) in [4.78, 5) is 39.0. The van der Waals surface area contributed by atoms with Crippen molar-refractivity contribution in [3.63, 3.8) is 0 Å². The highest BCUT2D eigenvalue weighted by molar-refractivity contribution is 6.01. The first-order valence-electron chi connectivity index (χ1n) is 12.5. The molecule has 34 heavy (non-hydrogen) atoms. The predicted octanol–water partition coefficient (Wildman–Crippen LogP) is 4.63. The average molecular weight is 467 g/mol. The molecule has 1 aliphatic heterocycles. The van der Waals surface area contributed by atoms with Crippen molar-refractivity contribution in [3.05, 3.63) is 35.8 Å². The van der Waals surface area contributed by atoms with Crippen molar-refractivity contribution in [2.45, 2.75) is 85.0 Å². The van der Waals surface area contributed by atoms with E-state index in [9.17, 15) is 14.4 Å². The lowest BCUT2D eigenvalue weighted by Crippen LogP contribution is -2.67. The van der Waals surface area contributed by atoms with Gasteiger partial charge in [0.15, 0.2) is 11.6 Å². The number of epoxide rings is 1. The summed E-state index contributed by atoms with van der Waals surface area (Å²) in [5.41, 5.74) is 0.284. The second-order valence-corrected chi connectivity index (χ2v) is 12.6. The van der Waals surface area contributed by atoms with E-state index in [1.165, 1.54) is 6.92 Å². The maximum atomic E-state index is 13.5. The zero-order valence-electron chi connectivity index (χ0n) is 20.8. The number of fused-ring (bicyclic) bond motifs is 7. The Morgan fingerprint density at radius 1 is 1.12 bits per heavy atom. The summed E-state index contributed by atoms with van der Waals surface area (Å²) in [6.07, 6.45) is 6.62. The number of allylic oxidation sites excluding steroid dienone is 1. The quantitative estimate of drug-likeness (QED) is 0.467. The molecule has 0 aromatic carbocycles. The van der Waals surface area contributed by atoms with Gasteiger partial charge in [0.2, 0.25) is 0 Å². The third-order valence-corrected chi connectivity index (χ3v) is 10.8. The lowest BCUT2D eigenvalue weighted by molar-refractivity contribution is -0.201. The van der Waals surface area contributed by atoms with Gasteiger partial charge in [0.1, 0.15) is 12.2 Å². The smallest absolute Gasteiger partial charge is 0.302 e. The van der Waals surface area contributed by atoms with Crippen molar-refractivity contribution in [2.24, 2.45) is 33.5 Å². The number of hydrogen-bond acceptors (Lipinski definition) is 6. The van der Waals surface area contributed by atoms with E-state index in [1.807, 2.05) is 26.0 Å². The number of esters is 1. The molecule has 0 bridgehead atoms. The second-order valence-electron chi connectivity index (χ2n) is 12.6. The normalized spacial score (nSPS) is 48.2. The van der Waals surface area contributed by atoms with Crippen LogP contribution in [0.5, 0.6) is 0 Å². The maximum absolute atomic E-state index is 13.5. The summed E-state index contributed by atoms with van der Waals surface area (Å²) in [5.74, 6) is -0.198. The predicted molar refractivity (Wildman–Crippen MR) is 123 cm³/mol. The van der Waals surface area contributed by atoms with Crippen LogP contribution in [0, 0.1) is 33.5 Å². The van der Waals surface area contributed by atoms with Crippen molar-refractivity contribution in [1.29, 1.82) is 0 Å². The van der Waals surface area contributed by atoms with E-state index in [0.29, 0.717) is 6.42 Å². The highest BCUT2D eigenvalue weighted by Crippen LogP contribution is 2.75. The summed E-state index contributed by atoms with van der Waals surface area (Å²) in [5, 5.41) is 0. The fraction of sp³-hybridized carbons (Fsp3) is 0.679. The SMILES string of the molecule is CC(=O)OC1CC2C(C)(C)C(=O)C3OC3C2(C)C2CCC3(C)C(=CC(=O)C3c3ccoc3)C12C. The Labute approximate surface area is 200 Å². The van der Waals surface area contributed by atoms with Crippen LogP contribution in [0.15, 0.2) is 34.7 Å². The van der Waals surface area contributed by atoms with Crippen molar-refractivity contribution >= 4 is 17.5 Å². The van der Waals surface area contributed by atoms with Crippen molar-refractivity contribution in [1.82, 2.24) is 0 Å². The molecule has 182 valence electrons. The first kappa shape index (κ1) is 22.3. The fourth-order valence-electron chi connectivity index (χ4n) is 9.29. The average Bonchev–Trinajstić information content (AvgIpc) is 3.30. The minimum atomic E-state index is -0.563. The van der Waals surface area contributed by atoms with Gasteiger partial charge in [-0.3, -0.25) is 14.4 Å². The summed E-state index contributed by atoms with van der Waals surface area (Å²) >= 11 is 0. The standard InChI is InChI=1S/C28H34O6/c1-14(29)33-20-12-18-25(2,3)23(31)22-24(34-22)28(18,6)17-7-9-26(4)19(27(17,20)5)11-16(30)21(26)15-8-10-32-13-15/h8,10-11,13,17-18,20-22,24H,7,9,12H2,1-6H3. The van der Waals surface area contributed by atoms with Gasteiger partial charge < -0.3 is 13.9 Å². The third kappa shape index (κ3) is 2.43. The Bertz CT molecular complexity index is 1130. The lowest BCUT2D eigenvalue weighted by Gasteiger charge is -2.66. The number of furan rings is 1. The molecule has 3 saturated carbocycles. The van der Waals surface area contributed by atoms with Gasteiger partial charge in [-0.15, -0.1) is 0 Å². The molecule has 1 aromatic rings. The number of ether oxygens (including phenoxy) is 2. The number of rotatable bonds is 2.